The van der Waals surface area contributed by atoms with E-state index in [2.05, 4.69) is 0 Å². The second-order valence-electron chi connectivity index (χ2n) is 5.14. The number of aliphatic hydroxyl groups is 1. The number of nitriles is 1. The molecule has 0 spiro atoms. The van der Waals surface area contributed by atoms with Crippen LogP contribution in [0.15, 0.2) is 24.3 Å². The molecule has 1 N–H and O–H groups in total. The highest BCUT2D eigenvalue weighted by Crippen LogP contribution is 2.43. The summed E-state index contributed by atoms with van der Waals surface area (Å²) < 4.78 is 61.0. The van der Waals surface area contributed by atoms with Gasteiger partial charge in [-0.3, -0.25) is 0 Å². The molecule has 1 aromatic rings. The Morgan fingerprint density at radius 3 is 2.52 bits per heavy atom. The molecule has 114 valence electrons. The van der Waals surface area contributed by atoms with Gasteiger partial charge >= 0.3 is 6.18 Å². The summed E-state index contributed by atoms with van der Waals surface area (Å²) in [6.07, 6.45) is -6.25. The van der Waals surface area contributed by atoms with E-state index in [9.17, 15) is 32.0 Å². The van der Waals surface area contributed by atoms with Crippen molar-refractivity contribution >= 4 is 9.84 Å². The number of hydrogen-bond acceptors (Lipinski definition) is 4. The number of benzene rings is 1. The molecule has 0 aliphatic carbocycles. The second kappa shape index (κ2) is 5.00. The first-order chi connectivity index (χ1) is 9.60. The monoisotopic (exact) mass is 319 g/mol. The summed E-state index contributed by atoms with van der Waals surface area (Å²) in [7, 11) is -3.46. The Labute approximate surface area is 119 Å². The minimum absolute atomic E-state index is 0.0940. The lowest BCUT2D eigenvalue weighted by atomic mass is 9.79. The molecule has 1 heterocycles. The van der Waals surface area contributed by atoms with Gasteiger partial charge in [-0.05, 0) is 24.1 Å². The van der Waals surface area contributed by atoms with Crippen LogP contribution in [0.2, 0.25) is 0 Å². The maximum absolute atomic E-state index is 12.7. The van der Waals surface area contributed by atoms with Gasteiger partial charge in [-0.2, -0.15) is 18.4 Å². The van der Waals surface area contributed by atoms with Gasteiger partial charge in [0, 0.05) is 0 Å². The van der Waals surface area contributed by atoms with Crippen LogP contribution in [0.4, 0.5) is 13.2 Å². The van der Waals surface area contributed by atoms with Crippen molar-refractivity contribution in [3.63, 3.8) is 0 Å². The van der Waals surface area contributed by atoms with Gasteiger partial charge in [-0.25, -0.2) is 8.42 Å². The fourth-order valence-corrected chi connectivity index (χ4v) is 4.41. The molecule has 0 bridgehead atoms. The van der Waals surface area contributed by atoms with Crippen LogP contribution in [-0.2, 0) is 16.0 Å². The number of halogens is 3. The number of alkyl halides is 3. The molecule has 2 rings (SSSR count). The maximum atomic E-state index is 12.7. The van der Waals surface area contributed by atoms with Crippen LogP contribution in [0.3, 0.4) is 0 Å². The van der Waals surface area contributed by atoms with Crippen LogP contribution in [0, 0.1) is 16.7 Å². The minimum atomic E-state index is -4.57. The summed E-state index contributed by atoms with van der Waals surface area (Å²) in [5, 5.41) is 19.5. The van der Waals surface area contributed by atoms with E-state index < -0.39 is 38.8 Å². The predicted molar refractivity (Wildman–Crippen MR) is 67.7 cm³/mol. The number of nitrogens with zero attached hydrogens (tertiary/aromatic N) is 1. The first-order valence-corrected chi connectivity index (χ1v) is 7.89. The van der Waals surface area contributed by atoms with Crippen LogP contribution >= 0.6 is 0 Å². The molecule has 8 heteroatoms. The minimum Gasteiger partial charge on any atom is -0.387 e. The van der Waals surface area contributed by atoms with Gasteiger partial charge in [0.15, 0.2) is 9.84 Å². The van der Waals surface area contributed by atoms with Crippen LogP contribution in [0.1, 0.15) is 23.7 Å². The first kappa shape index (κ1) is 15.8. The number of sulfone groups is 1. The Hall–Kier alpha value is -1.59. The van der Waals surface area contributed by atoms with Gasteiger partial charge < -0.3 is 5.11 Å². The molecule has 4 nitrogen and oxygen atoms in total. The van der Waals surface area contributed by atoms with Crippen LogP contribution < -0.4 is 0 Å². The molecule has 1 aromatic carbocycles. The van der Waals surface area contributed by atoms with Crippen molar-refractivity contribution in [2.75, 3.05) is 11.5 Å². The standard InChI is InChI=1S/C13H12F3NO3S/c14-13(15,16)10-3-1-2-9(6-10)11(18)12(7-17)4-5-21(19,20)8-12/h1-3,6,11,18H,4-5,8H2. The Morgan fingerprint density at radius 1 is 1.38 bits per heavy atom. The van der Waals surface area contributed by atoms with Crippen molar-refractivity contribution in [3.05, 3.63) is 35.4 Å². The molecule has 21 heavy (non-hydrogen) atoms. The van der Waals surface area contributed by atoms with E-state index in [1.165, 1.54) is 6.07 Å². The molecule has 2 atom stereocenters. The van der Waals surface area contributed by atoms with E-state index in [-0.39, 0.29) is 17.7 Å². The van der Waals surface area contributed by atoms with Crippen LogP contribution in [-0.4, -0.2) is 25.0 Å². The third-order valence-corrected chi connectivity index (χ3v) is 5.39. The van der Waals surface area contributed by atoms with Gasteiger partial charge in [-0.1, -0.05) is 12.1 Å². The topological polar surface area (TPSA) is 78.2 Å². The van der Waals surface area contributed by atoms with Crippen molar-refractivity contribution in [1.82, 2.24) is 0 Å². The van der Waals surface area contributed by atoms with Gasteiger partial charge in [0.25, 0.3) is 0 Å². The zero-order valence-corrected chi connectivity index (χ0v) is 11.6. The Morgan fingerprint density at radius 2 is 2.05 bits per heavy atom. The average Bonchev–Trinajstić information content (AvgIpc) is 2.74. The van der Waals surface area contributed by atoms with E-state index in [0.29, 0.717) is 0 Å². The molecule has 1 aliphatic heterocycles. The summed E-state index contributed by atoms with van der Waals surface area (Å²) in [6, 6.07) is 5.75. The molecule has 0 saturated carbocycles. The van der Waals surface area contributed by atoms with Crippen LogP contribution in [0.5, 0.6) is 0 Å². The Bertz CT molecular complexity index is 693. The largest absolute Gasteiger partial charge is 0.416 e. The third kappa shape index (κ3) is 3.04. The smallest absolute Gasteiger partial charge is 0.387 e. The van der Waals surface area contributed by atoms with Crippen molar-refractivity contribution in [1.29, 1.82) is 5.26 Å². The molecular weight excluding hydrogens is 307 g/mol. The van der Waals surface area contributed by atoms with Gasteiger partial charge in [0.05, 0.1) is 29.2 Å². The fraction of sp³-hybridized carbons (Fsp3) is 0.462. The summed E-state index contributed by atoms with van der Waals surface area (Å²) in [5.41, 5.74) is -2.65. The molecule has 0 amide bonds. The summed E-state index contributed by atoms with van der Waals surface area (Å²) >= 11 is 0. The van der Waals surface area contributed by atoms with Crippen molar-refractivity contribution < 1.29 is 26.7 Å². The van der Waals surface area contributed by atoms with Crippen molar-refractivity contribution in [2.24, 2.45) is 5.41 Å². The van der Waals surface area contributed by atoms with E-state index >= 15 is 0 Å². The summed E-state index contributed by atoms with van der Waals surface area (Å²) in [4.78, 5) is 0. The van der Waals surface area contributed by atoms with Crippen LogP contribution in [0.25, 0.3) is 0 Å². The Balaban J connectivity index is 2.41. The van der Waals surface area contributed by atoms with Crippen molar-refractivity contribution in [3.8, 4) is 6.07 Å². The molecule has 1 fully saturated rings. The van der Waals surface area contributed by atoms with E-state index in [1.807, 2.05) is 0 Å². The van der Waals surface area contributed by atoms with Gasteiger partial charge in [0.1, 0.15) is 5.41 Å². The SMILES string of the molecule is N#CC1(C(O)c2cccc(C(F)(F)F)c2)CCS(=O)(=O)C1. The predicted octanol–water partition coefficient (Wildman–Crippen LogP) is 2.07. The fourth-order valence-electron chi connectivity index (χ4n) is 2.44. The lowest BCUT2D eigenvalue weighted by molar-refractivity contribution is -0.137. The first-order valence-electron chi connectivity index (χ1n) is 6.07. The molecule has 1 aliphatic rings. The van der Waals surface area contributed by atoms with Crippen molar-refractivity contribution in [2.45, 2.75) is 18.7 Å². The second-order valence-corrected chi connectivity index (χ2v) is 7.32. The lowest BCUT2D eigenvalue weighted by Crippen LogP contribution is -2.29. The number of rotatable bonds is 2. The molecule has 0 radical (unpaired) electrons. The molecule has 0 aromatic heterocycles. The zero-order valence-electron chi connectivity index (χ0n) is 10.8. The highest BCUT2D eigenvalue weighted by atomic mass is 32.2. The normalized spacial score (nSPS) is 26.2. The quantitative estimate of drug-likeness (QED) is 0.905. The lowest BCUT2D eigenvalue weighted by Gasteiger charge is -2.26. The number of aliphatic hydroxyl groups excluding tert-OH is 1. The molecular formula is C13H12F3NO3S. The third-order valence-electron chi connectivity index (χ3n) is 3.61. The van der Waals surface area contributed by atoms with E-state index in [0.717, 1.165) is 18.2 Å². The Kier molecular flexibility index (Phi) is 3.76. The maximum Gasteiger partial charge on any atom is 0.416 e. The average molecular weight is 319 g/mol. The van der Waals surface area contributed by atoms with Gasteiger partial charge in [0.2, 0.25) is 0 Å². The zero-order chi connectivity index (χ0) is 15.9. The van der Waals surface area contributed by atoms with Gasteiger partial charge in [-0.15, -0.1) is 0 Å². The highest BCUT2D eigenvalue weighted by Gasteiger charge is 2.48. The van der Waals surface area contributed by atoms with E-state index in [1.54, 1.807) is 6.07 Å². The molecule has 1 saturated heterocycles. The van der Waals surface area contributed by atoms with E-state index in [4.69, 9.17) is 0 Å². The summed E-state index contributed by atoms with van der Waals surface area (Å²) in [6.45, 7) is 0. The highest BCUT2D eigenvalue weighted by molar-refractivity contribution is 7.91. The summed E-state index contributed by atoms with van der Waals surface area (Å²) in [5.74, 6) is -0.801. The molecule has 2 unspecified atom stereocenters. The number of hydrogen-bond donors (Lipinski definition) is 1.